The Labute approximate surface area is 120 Å². The van der Waals surface area contributed by atoms with Gasteiger partial charge in [-0.1, -0.05) is 6.92 Å². The number of hydrogen-bond acceptors (Lipinski definition) is 5. The number of hydrogen-bond donors (Lipinski definition) is 1. The predicted octanol–water partition coefficient (Wildman–Crippen LogP) is 2.03. The molecule has 1 saturated heterocycles. The molecule has 0 aromatic carbocycles. The van der Waals surface area contributed by atoms with Gasteiger partial charge in [-0.2, -0.15) is 0 Å². The molecule has 0 aliphatic carbocycles. The number of esters is 1. The van der Waals surface area contributed by atoms with Crippen molar-refractivity contribution in [3.8, 4) is 0 Å². The first-order chi connectivity index (χ1) is 9.74. The third kappa shape index (κ3) is 3.84. The normalized spacial score (nSPS) is 18.6. The fraction of sp³-hybridized carbons (Fsp3) is 0.667. The molecule has 0 radical (unpaired) electrons. The molecule has 1 fully saturated rings. The molecular formula is C15H24N2O3. The summed E-state index contributed by atoms with van der Waals surface area (Å²) in [5.41, 5.74) is 0.906. The zero-order valence-electron chi connectivity index (χ0n) is 12.4. The van der Waals surface area contributed by atoms with Crippen molar-refractivity contribution in [3.63, 3.8) is 0 Å². The average molecular weight is 280 g/mol. The molecule has 0 amide bonds. The highest BCUT2D eigenvalue weighted by atomic mass is 16.5. The number of rotatable bonds is 7. The third-order valence-corrected chi connectivity index (χ3v) is 3.69. The molecule has 1 atom stereocenters. The first-order valence-electron chi connectivity index (χ1n) is 7.35. The van der Waals surface area contributed by atoms with Gasteiger partial charge in [0.2, 0.25) is 5.76 Å². The van der Waals surface area contributed by atoms with E-state index in [9.17, 15) is 4.79 Å². The Morgan fingerprint density at radius 2 is 2.45 bits per heavy atom. The Balaban J connectivity index is 1.99. The summed E-state index contributed by atoms with van der Waals surface area (Å²) in [6.45, 7) is 6.05. The molecule has 0 saturated carbocycles. The van der Waals surface area contributed by atoms with Gasteiger partial charge in [0.15, 0.2) is 0 Å². The number of methoxy groups -OCH3 is 1. The van der Waals surface area contributed by atoms with Gasteiger partial charge >= 0.3 is 5.97 Å². The highest BCUT2D eigenvalue weighted by molar-refractivity contribution is 5.87. The predicted molar refractivity (Wildman–Crippen MR) is 76.6 cm³/mol. The van der Waals surface area contributed by atoms with Crippen LogP contribution in [0, 0.1) is 0 Å². The number of carbonyl (C=O) groups excluding carboxylic acids is 1. The van der Waals surface area contributed by atoms with E-state index in [1.165, 1.54) is 20.0 Å². The van der Waals surface area contributed by atoms with Gasteiger partial charge in [0.1, 0.15) is 0 Å². The van der Waals surface area contributed by atoms with Gasteiger partial charge in [0.05, 0.1) is 13.4 Å². The molecule has 1 N–H and O–H groups in total. The Kier molecular flexibility index (Phi) is 5.61. The van der Waals surface area contributed by atoms with Crippen molar-refractivity contribution in [1.82, 2.24) is 10.2 Å². The summed E-state index contributed by atoms with van der Waals surface area (Å²) in [7, 11) is 1.38. The van der Waals surface area contributed by atoms with Gasteiger partial charge in [-0.25, -0.2) is 4.79 Å². The van der Waals surface area contributed by atoms with Crippen molar-refractivity contribution >= 4 is 5.97 Å². The largest absolute Gasteiger partial charge is 0.463 e. The van der Waals surface area contributed by atoms with Crippen LogP contribution in [0.1, 0.15) is 42.3 Å². The van der Waals surface area contributed by atoms with Crippen LogP contribution in [0.5, 0.6) is 0 Å². The van der Waals surface area contributed by atoms with Crippen LogP contribution in [0.2, 0.25) is 0 Å². The molecule has 20 heavy (non-hydrogen) atoms. The SMILES string of the molecule is CCCN(Cc1ccoc1C(=O)OC)CC1CCCN1. The zero-order valence-corrected chi connectivity index (χ0v) is 12.4. The van der Waals surface area contributed by atoms with Gasteiger partial charge in [0, 0.05) is 24.7 Å². The van der Waals surface area contributed by atoms with Crippen molar-refractivity contribution in [2.45, 2.75) is 38.8 Å². The second-order valence-corrected chi connectivity index (χ2v) is 5.29. The molecule has 5 nitrogen and oxygen atoms in total. The fourth-order valence-electron chi connectivity index (χ4n) is 2.75. The molecule has 112 valence electrons. The summed E-state index contributed by atoms with van der Waals surface area (Å²) in [6, 6.07) is 2.42. The molecule has 1 aromatic heterocycles. The van der Waals surface area contributed by atoms with Crippen molar-refractivity contribution in [2.75, 3.05) is 26.7 Å². The van der Waals surface area contributed by atoms with E-state index in [2.05, 4.69) is 17.1 Å². The molecular weight excluding hydrogens is 256 g/mol. The van der Waals surface area contributed by atoms with Gasteiger partial charge in [0.25, 0.3) is 0 Å². The zero-order chi connectivity index (χ0) is 14.4. The van der Waals surface area contributed by atoms with E-state index in [0.717, 1.165) is 38.2 Å². The van der Waals surface area contributed by atoms with Crippen LogP contribution in [0.4, 0.5) is 0 Å². The highest BCUT2D eigenvalue weighted by Crippen LogP contribution is 2.16. The lowest BCUT2D eigenvalue weighted by molar-refractivity contribution is 0.0561. The average Bonchev–Trinajstić information content (AvgIpc) is 3.09. The van der Waals surface area contributed by atoms with E-state index < -0.39 is 5.97 Å². The fourth-order valence-corrected chi connectivity index (χ4v) is 2.75. The number of ether oxygens (including phenoxy) is 1. The molecule has 1 aliphatic heterocycles. The van der Waals surface area contributed by atoms with Crippen LogP contribution >= 0.6 is 0 Å². The van der Waals surface area contributed by atoms with Crippen LogP contribution < -0.4 is 5.32 Å². The Bertz CT molecular complexity index is 425. The highest BCUT2D eigenvalue weighted by Gasteiger charge is 2.21. The topological polar surface area (TPSA) is 54.7 Å². The van der Waals surface area contributed by atoms with Gasteiger partial charge in [-0.05, 0) is 38.4 Å². The van der Waals surface area contributed by atoms with Crippen molar-refractivity contribution in [2.24, 2.45) is 0 Å². The quantitative estimate of drug-likeness (QED) is 0.775. The standard InChI is InChI=1S/C15H24N2O3/c1-3-8-17(11-13-5-4-7-16-13)10-12-6-9-20-14(12)15(18)19-2/h6,9,13,16H,3-5,7-8,10-11H2,1-2H3. The summed E-state index contributed by atoms with van der Waals surface area (Å²) < 4.78 is 10.00. The van der Waals surface area contributed by atoms with Crippen LogP contribution in [-0.2, 0) is 11.3 Å². The maximum atomic E-state index is 11.6. The smallest absolute Gasteiger partial charge is 0.374 e. The maximum absolute atomic E-state index is 11.6. The van der Waals surface area contributed by atoms with Gasteiger partial charge in [-0.15, -0.1) is 0 Å². The summed E-state index contributed by atoms with van der Waals surface area (Å²) in [5, 5.41) is 3.52. The summed E-state index contributed by atoms with van der Waals surface area (Å²) in [4.78, 5) is 14.0. The van der Waals surface area contributed by atoms with E-state index >= 15 is 0 Å². The number of nitrogens with zero attached hydrogens (tertiary/aromatic N) is 1. The lowest BCUT2D eigenvalue weighted by Gasteiger charge is -2.25. The van der Waals surface area contributed by atoms with E-state index in [1.54, 1.807) is 6.26 Å². The van der Waals surface area contributed by atoms with Crippen molar-refractivity contribution < 1.29 is 13.9 Å². The first-order valence-corrected chi connectivity index (χ1v) is 7.35. The monoisotopic (exact) mass is 280 g/mol. The van der Waals surface area contributed by atoms with Gasteiger partial charge < -0.3 is 14.5 Å². The van der Waals surface area contributed by atoms with E-state index in [0.29, 0.717) is 11.8 Å². The Morgan fingerprint density at radius 1 is 1.60 bits per heavy atom. The van der Waals surface area contributed by atoms with E-state index in [1.807, 2.05) is 6.07 Å². The third-order valence-electron chi connectivity index (χ3n) is 3.69. The maximum Gasteiger partial charge on any atom is 0.374 e. The van der Waals surface area contributed by atoms with Crippen LogP contribution in [-0.4, -0.2) is 43.7 Å². The summed E-state index contributed by atoms with van der Waals surface area (Å²) in [5.74, 6) is -0.0755. The van der Waals surface area contributed by atoms with Crippen molar-refractivity contribution in [1.29, 1.82) is 0 Å². The van der Waals surface area contributed by atoms with Gasteiger partial charge in [-0.3, -0.25) is 4.90 Å². The minimum absolute atomic E-state index is 0.327. The molecule has 2 rings (SSSR count). The lowest BCUT2D eigenvalue weighted by Crippen LogP contribution is -2.37. The van der Waals surface area contributed by atoms with Crippen molar-refractivity contribution in [3.05, 3.63) is 23.7 Å². The first kappa shape index (κ1) is 15.1. The minimum Gasteiger partial charge on any atom is -0.463 e. The molecule has 1 aliphatic rings. The molecule has 2 heterocycles. The Morgan fingerprint density at radius 3 is 3.10 bits per heavy atom. The van der Waals surface area contributed by atoms with E-state index in [4.69, 9.17) is 9.15 Å². The number of nitrogens with one attached hydrogen (secondary N) is 1. The van der Waals surface area contributed by atoms with Crippen LogP contribution in [0.3, 0.4) is 0 Å². The molecule has 0 bridgehead atoms. The second-order valence-electron chi connectivity index (χ2n) is 5.29. The van der Waals surface area contributed by atoms with Crippen LogP contribution in [0.15, 0.2) is 16.7 Å². The minimum atomic E-state index is -0.402. The molecule has 5 heteroatoms. The summed E-state index contributed by atoms with van der Waals surface area (Å²) >= 11 is 0. The lowest BCUT2D eigenvalue weighted by atomic mass is 10.1. The molecule has 0 spiro atoms. The van der Waals surface area contributed by atoms with Crippen LogP contribution in [0.25, 0.3) is 0 Å². The molecule has 1 aromatic rings. The second kappa shape index (κ2) is 7.45. The Hall–Kier alpha value is -1.33. The number of furan rings is 1. The number of carbonyl (C=O) groups is 1. The molecule has 1 unspecified atom stereocenters. The van der Waals surface area contributed by atoms with E-state index in [-0.39, 0.29) is 0 Å². The summed E-state index contributed by atoms with van der Waals surface area (Å²) in [6.07, 6.45) is 5.14.